The van der Waals surface area contributed by atoms with Crippen molar-refractivity contribution in [2.24, 2.45) is 5.92 Å². The molecule has 5 nitrogen and oxygen atoms in total. The van der Waals surface area contributed by atoms with Gasteiger partial charge in [0.2, 0.25) is 0 Å². The molecule has 2 fully saturated rings. The summed E-state index contributed by atoms with van der Waals surface area (Å²) in [5.74, 6) is 1.34. The first-order chi connectivity index (χ1) is 11.3. The second-order valence-corrected chi connectivity index (χ2v) is 8.76. The molecule has 24 heavy (non-hydrogen) atoms. The molecule has 2 aromatic rings. The van der Waals surface area contributed by atoms with Crippen LogP contribution >= 0.6 is 15.9 Å². The van der Waals surface area contributed by atoms with Crippen LogP contribution in [0, 0.1) is 5.92 Å². The van der Waals surface area contributed by atoms with E-state index in [0.29, 0.717) is 5.92 Å². The van der Waals surface area contributed by atoms with Crippen LogP contribution in [0.3, 0.4) is 0 Å². The Labute approximate surface area is 149 Å². The van der Waals surface area contributed by atoms with E-state index in [4.69, 9.17) is 9.72 Å². The summed E-state index contributed by atoms with van der Waals surface area (Å²) >= 11 is 3.49. The maximum absolute atomic E-state index is 12.8. The molecule has 6 heteroatoms. The van der Waals surface area contributed by atoms with E-state index >= 15 is 0 Å². The molecule has 1 aliphatic carbocycles. The van der Waals surface area contributed by atoms with Gasteiger partial charge in [0.15, 0.2) is 0 Å². The number of fused-ring (bicyclic) bond motifs is 3. The molecule has 0 radical (unpaired) electrons. The van der Waals surface area contributed by atoms with Gasteiger partial charge in [-0.05, 0) is 64.2 Å². The first kappa shape index (κ1) is 15.9. The van der Waals surface area contributed by atoms with Gasteiger partial charge in [0.05, 0.1) is 17.1 Å². The van der Waals surface area contributed by atoms with E-state index in [1.54, 1.807) is 0 Å². The Hall–Kier alpha value is -1.56. The van der Waals surface area contributed by atoms with E-state index in [9.17, 15) is 4.79 Å². The second-order valence-electron chi connectivity index (χ2n) is 7.84. The van der Waals surface area contributed by atoms with Crippen molar-refractivity contribution in [2.45, 2.75) is 57.7 Å². The molecule has 2 aliphatic rings. The van der Waals surface area contributed by atoms with Gasteiger partial charge in [-0.25, -0.2) is 9.78 Å². The lowest BCUT2D eigenvalue weighted by Crippen LogP contribution is -2.43. The van der Waals surface area contributed by atoms with Crippen molar-refractivity contribution in [3.8, 4) is 0 Å². The van der Waals surface area contributed by atoms with Crippen LogP contribution in [0.1, 0.15) is 51.9 Å². The number of carbonyl (C=O) groups excluding carboxylic acids is 1. The summed E-state index contributed by atoms with van der Waals surface area (Å²) in [6.45, 7) is 5.73. The molecule has 1 amide bonds. The Morgan fingerprint density at radius 1 is 1.38 bits per heavy atom. The summed E-state index contributed by atoms with van der Waals surface area (Å²) in [4.78, 5) is 22.9. The van der Waals surface area contributed by atoms with Crippen LogP contribution in [0.25, 0.3) is 11.0 Å². The Kier molecular flexibility index (Phi) is 3.64. The van der Waals surface area contributed by atoms with Gasteiger partial charge < -0.3 is 9.72 Å². The highest BCUT2D eigenvalue weighted by Crippen LogP contribution is 2.50. The van der Waals surface area contributed by atoms with Crippen molar-refractivity contribution < 1.29 is 9.53 Å². The van der Waals surface area contributed by atoms with Crippen LogP contribution in [0.15, 0.2) is 22.7 Å². The number of carbonyl (C=O) groups is 1. The number of rotatable bonds is 1. The number of amides is 1. The van der Waals surface area contributed by atoms with Crippen molar-refractivity contribution >= 4 is 33.1 Å². The van der Waals surface area contributed by atoms with Gasteiger partial charge in [-0.15, -0.1) is 0 Å². The predicted molar refractivity (Wildman–Crippen MR) is 95.7 cm³/mol. The largest absolute Gasteiger partial charge is 0.444 e. The third kappa shape index (κ3) is 2.70. The molecule has 2 bridgehead atoms. The molecule has 1 aliphatic heterocycles. The SMILES string of the molecule is CC(C)(C)OC(=O)N1C(c2nc3ccc(Br)cc3[nH]2)[C@H]2CC[C@@H]1C2. The molecule has 1 N–H and O–H groups in total. The fourth-order valence-corrected chi connectivity index (χ4v) is 4.42. The molecule has 0 spiro atoms. The molecular formula is C18H22BrN3O2. The van der Waals surface area contributed by atoms with Gasteiger partial charge in [-0.1, -0.05) is 15.9 Å². The summed E-state index contributed by atoms with van der Waals surface area (Å²) in [5.41, 5.74) is 1.44. The van der Waals surface area contributed by atoms with Crippen LogP contribution < -0.4 is 0 Å². The van der Waals surface area contributed by atoms with E-state index in [-0.39, 0.29) is 18.2 Å². The number of halogens is 1. The van der Waals surface area contributed by atoms with Gasteiger partial charge in [-0.2, -0.15) is 0 Å². The first-order valence-corrected chi connectivity index (χ1v) is 9.27. The normalized spacial score (nSPS) is 26.3. The van der Waals surface area contributed by atoms with E-state index in [0.717, 1.165) is 40.6 Å². The minimum absolute atomic E-state index is 0.00947. The molecule has 1 aromatic heterocycles. The average Bonchev–Trinajstić information content (AvgIpc) is 3.17. The van der Waals surface area contributed by atoms with E-state index < -0.39 is 5.60 Å². The molecule has 128 valence electrons. The van der Waals surface area contributed by atoms with Crippen LogP contribution in [-0.2, 0) is 4.74 Å². The quantitative estimate of drug-likeness (QED) is 0.760. The number of hydrogen-bond acceptors (Lipinski definition) is 3. The van der Waals surface area contributed by atoms with Gasteiger partial charge in [0.1, 0.15) is 11.4 Å². The zero-order chi connectivity index (χ0) is 17.1. The molecular weight excluding hydrogens is 370 g/mol. The molecule has 4 rings (SSSR count). The molecule has 2 heterocycles. The fraction of sp³-hybridized carbons (Fsp3) is 0.556. The molecule has 1 unspecified atom stereocenters. The lowest BCUT2D eigenvalue weighted by molar-refractivity contribution is 0.00623. The zero-order valence-electron chi connectivity index (χ0n) is 14.2. The topological polar surface area (TPSA) is 58.2 Å². The van der Waals surface area contributed by atoms with E-state index in [1.807, 2.05) is 43.9 Å². The lowest BCUT2D eigenvalue weighted by Gasteiger charge is -2.35. The molecule has 1 saturated carbocycles. The fourth-order valence-electron chi connectivity index (χ4n) is 4.06. The number of nitrogens with zero attached hydrogens (tertiary/aromatic N) is 2. The number of benzene rings is 1. The number of aromatic nitrogens is 2. The highest BCUT2D eigenvalue weighted by atomic mass is 79.9. The number of imidazole rings is 1. The van der Waals surface area contributed by atoms with E-state index in [1.165, 1.54) is 0 Å². The molecule has 1 aromatic carbocycles. The van der Waals surface area contributed by atoms with Gasteiger partial charge >= 0.3 is 6.09 Å². The number of likely N-dealkylation sites (tertiary alicyclic amines) is 1. The monoisotopic (exact) mass is 391 g/mol. The highest BCUT2D eigenvalue weighted by molar-refractivity contribution is 9.10. The lowest BCUT2D eigenvalue weighted by atomic mass is 9.98. The number of H-pyrrole nitrogens is 1. The van der Waals surface area contributed by atoms with Crippen molar-refractivity contribution in [1.82, 2.24) is 14.9 Å². The Bertz CT molecular complexity index is 795. The van der Waals surface area contributed by atoms with Gasteiger partial charge in [0.25, 0.3) is 0 Å². The standard InChI is InChI=1S/C18H22BrN3O2/c1-18(2,3)24-17(23)22-12-6-4-10(8-12)15(22)16-20-13-7-5-11(19)9-14(13)21-16/h5,7,9-10,12,15H,4,6,8H2,1-3H3,(H,20,21)/t10-,12+,15?/m0/s1. The molecule has 3 atom stereocenters. The minimum Gasteiger partial charge on any atom is -0.444 e. The Balaban J connectivity index is 1.69. The van der Waals surface area contributed by atoms with E-state index in [2.05, 4.69) is 20.9 Å². The number of ether oxygens (including phenoxy) is 1. The van der Waals surface area contributed by atoms with Gasteiger partial charge in [0, 0.05) is 10.5 Å². The van der Waals surface area contributed by atoms with Crippen LogP contribution in [0.4, 0.5) is 4.79 Å². The van der Waals surface area contributed by atoms with Crippen LogP contribution in [-0.4, -0.2) is 32.6 Å². The summed E-state index contributed by atoms with van der Waals surface area (Å²) in [6.07, 6.45) is 3.04. The van der Waals surface area contributed by atoms with Crippen molar-refractivity contribution in [3.63, 3.8) is 0 Å². The van der Waals surface area contributed by atoms with Crippen molar-refractivity contribution in [3.05, 3.63) is 28.5 Å². The van der Waals surface area contributed by atoms with Gasteiger partial charge in [-0.3, -0.25) is 4.90 Å². The summed E-state index contributed by atoms with van der Waals surface area (Å²) in [6, 6.07) is 6.26. The first-order valence-electron chi connectivity index (χ1n) is 8.48. The summed E-state index contributed by atoms with van der Waals surface area (Å²) in [5, 5.41) is 0. The summed E-state index contributed by atoms with van der Waals surface area (Å²) < 4.78 is 6.67. The molecule has 1 saturated heterocycles. The number of aromatic amines is 1. The van der Waals surface area contributed by atoms with Crippen LogP contribution in [0.5, 0.6) is 0 Å². The highest BCUT2D eigenvalue weighted by Gasteiger charge is 2.51. The maximum atomic E-state index is 12.8. The zero-order valence-corrected chi connectivity index (χ0v) is 15.8. The van der Waals surface area contributed by atoms with Crippen LogP contribution in [0.2, 0.25) is 0 Å². The Morgan fingerprint density at radius 2 is 2.17 bits per heavy atom. The number of hydrogen-bond donors (Lipinski definition) is 1. The third-order valence-corrected chi connectivity index (χ3v) is 5.43. The third-order valence-electron chi connectivity index (χ3n) is 4.93. The Morgan fingerprint density at radius 3 is 2.92 bits per heavy atom. The minimum atomic E-state index is -0.484. The smallest absolute Gasteiger partial charge is 0.411 e. The second kappa shape index (κ2) is 5.48. The summed E-state index contributed by atoms with van der Waals surface area (Å²) in [7, 11) is 0. The number of piperidine rings is 1. The maximum Gasteiger partial charge on any atom is 0.411 e. The average molecular weight is 392 g/mol. The van der Waals surface area contributed by atoms with Crippen molar-refractivity contribution in [2.75, 3.05) is 0 Å². The van der Waals surface area contributed by atoms with Crippen molar-refractivity contribution in [1.29, 1.82) is 0 Å². The number of nitrogens with one attached hydrogen (secondary N) is 1. The predicted octanol–water partition coefficient (Wildman–Crippen LogP) is 4.79.